The Morgan fingerprint density at radius 2 is 2.19 bits per heavy atom. The molecule has 1 saturated heterocycles. The van der Waals surface area contributed by atoms with Gasteiger partial charge in [0.05, 0.1) is 12.3 Å². The molecule has 0 aliphatic carbocycles. The Morgan fingerprint density at radius 1 is 1.29 bits per heavy atom. The fourth-order valence-electron chi connectivity index (χ4n) is 2.83. The second-order valence-electron chi connectivity index (χ2n) is 5.25. The summed E-state index contributed by atoms with van der Waals surface area (Å²) < 4.78 is 5.50. The van der Waals surface area contributed by atoms with Crippen LogP contribution in [0.25, 0.3) is 0 Å². The molecule has 5 nitrogen and oxygen atoms in total. The van der Waals surface area contributed by atoms with Gasteiger partial charge in [0, 0.05) is 12.7 Å². The van der Waals surface area contributed by atoms with Gasteiger partial charge < -0.3 is 14.4 Å². The Balaban J connectivity index is 1.93. The van der Waals surface area contributed by atoms with Crippen molar-refractivity contribution in [2.75, 3.05) is 6.54 Å². The topological polar surface area (TPSA) is 66.6 Å². The van der Waals surface area contributed by atoms with E-state index >= 15 is 0 Å². The second-order valence-corrected chi connectivity index (χ2v) is 5.25. The zero-order chi connectivity index (χ0) is 14.7. The van der Waals surface area contributed by atoms with Crippen LogP contribution in [0.4, 0.5) is 0 Å². The average Bonchev–Trinajstić information content (AvgIpc) is 2.91. The van der Waals surface area contributed by atoms with E-state index in [1.807, 2.05) is 12.1 Å². The summed E-state index contributed by atoms with van der Waals surface area (Å²) in [6, 6.07) is 6.74. The van der Waals surface area contributed by atoms with Crippen molar-refractivity contribution in [1.29, 1.82) is 0 Å². The Hall–Kier alpha value is -2.30. The third-order valence-corrected chi connectivity index (χ3v) is 3.87. The van der Waals surface area contributed by atoms with Crippen LogP contribution in [0.2, 0.25) is 0 Å². The minimum atomic E-state index is -0.239. The molecule has 3 heterocycles. The smallest absolute Gasteiger partial charge is 0.276 e. The Morgan fingerprint density at radius 3 is 2.95 bits per heavy atom. The molecule has 2 aromatic heterocycles. The lowest BCUT2D eigenvalue weighted by molar-refractivity contribution is 0.0649. The van der Waals surface area contributed by atoms with E-state index in [0.717, 1.165) is 31.4 Å². The van der Waals surface area contributed by atoms with Crippen LogP contribution in [0.15, 0.2) is 41.1 Å². The lowest BCUT2D eigenvalue weighted by Gasteiger charge is -2.28. The molecule has 5 heteroatoms. The molecule has 3 rings (SSSR count). The molecule has 0 saturated carbocycles. The molecule has 0 unspecified atom stereocenters. The quantitative estimate of drug-likeness (QED) is 0.921. The number of likely N-dealkylation sites (tertiary alicyclic amines) is 1. The van der Waals surface area contributed by atoms with Gasteiger partial charge in [-0.15, -0.1) is 0 Å². The fourth-order valence-corrected chi connectivity index (χ4v) is 2.83. The molecule has 0 radical (unpaired) electrons. The first-order chi connectivity index (χ1) is 10.3. The number of aromatic nitrogens is 1. The monoisotopic (exact) mass is 286 g/mol. The van der Waals surface area contributed by atoms with E-state index in [2.05, 4.69) is 4.98 Å². The van der Waals surface area contributed by atoms with Gasteiger partial charge in [0.1, 0.15) is 11.5 Å². The molecular formula is C16H18N2O3. The predicted octanol–water partition coefficient (Wildman–Crippen LogP) is 3.14. The number of pyridine rings is 1. The van der Waals surface area contributed by atoms with Crippen LogP contribution in [-0.2, 0) is 0 Å². The SMILES string of the molecule is O=C(c1ncccc1O)N1CCCCC[C@@H]1c1ccco1. The maximum atomic E-state index is 12.7. The van der Waals surface area contributed by atoms with Gasteiger partial charge in [-0.2, -0.15) is 0 Å². The number of furan rings is 1. The Bertz CT molecular complexity index is 610. The van der Waals surface area contributed by atoms with Crippen LogP contribution < -0.4 is 0 Å². The molecule has 1 aliphatic heterocycles. The number of carbonyl (C=O) groups is 1. The lowest BCUT2D eigenvalue weighted by Crippen LogP contribution is -2.35. The summed E-state index contributed by atoms with van der Waals surface area (Å²) in [6.07, 6.45) is 7.12. The highest BCUT2D eigenvalue weighted by atomic mass is 16.3. The zero-order valence-corrected chi connectivity index (χ0v) is 11.7. The summed E-state index contributed by atoms with van der Waals surface area (Å²) in [7, 11) is 0. The van der Waals surface area contributed by atoms with Crippen LogP contribution in [0.5, 0.6) is 5.75 Å². The highest BCUT2D eigenvalue weighted by Gasteiger charge is 2.31. The van der Waals surface area contributed by atoms with Crippen molar-refractivity contribution in [1.82, 2.24) is 9.88 Å². The number of rotatable bonds is 2. The van der Waals surface area contributed by atoms with E-state index < -0.39 is 0 Å². The van der Waals surface area contributed by atoms with Crippen molar-refractivity contribution in [2.45, 2.75) is 31.7 Å². The van der Waals surface area contributed by atoms with Gasteiger partial charge in [-0.3, -0.25) is 4.79 Å². The number of hydrogen-bond donors (Lipinski definition) is 1. The highest BCUT2D eigenvalue weighted by molar-refractivity contribution is 5.95. The van der Waals surface area contributed by atoms with Gasteiger partial charge in [-0.25, -0.2) is 4.98 Å². The van der Waals surface area contributed by atoms with E-state index in [1.54, 1.807) is 17.2 Å². The molecule has 21 heavy (non-hydrogen) atoms. The Kier molecular flexibility index (Phi) is 3.90. The van der Waals surface area contributed by atoms with Gasteiger partial charge in [-0.1, -0.05) is 12.8 Å². The first kappa shape index (κ1) is 13.7. The third kappa shape index (κ3) is 2.77. The summed E-state index contributed by atoms with van der Waals surface area (Å²) in [4.78, 5) is 18.5. The molecule has 1 atom stereocenters. The summed E-state index contributed by atoms with van der Waals surface area (Å²) >= 11 is 0. The highest BCUT2D eigenvalue weighted by Crippen LogP contribution is 2.32. The number of aromatic hydroxyl groups is 1. The fraction of sp³-hybridized carbons (Fsp3) is 0.375. The molecule has 0 bridgehead atoms. The van der Waals surface area contributed by atoms with Crippen molar-refractivity contribution in [3.8, 4) is 5.75 Å². The van der Waals surface area contributed by atoms with Crippen molar-refractivity contribution in [3.63, 3.8) is 0 Å². The van der Waals surface area contributed by atoms with Crippen molar-refractivity contribution < 1.29 is 14.3 Å². The van der Waals surface area contributed by atoms with Crippen molar-refractivity contribution >= 4 is 5.91 Å². The first-order valence-electron chi connectivity index (χ1n) is 7.26. The summed E-state index contributed by atoms with van der Waals surface area (Å²) in [5.41, 5.74) is 0.107. The van der Waals surface area contributed by atoms with Gasteiger partial charge >= 0.3 is 0 Å². The maximum Gasteiger partial charge on any atom is 0.276 e. The van der Waals surface area contributed by atoms with Crippen LogP contribution in [0, 0.1) is 0 Å². The normalized spacial score (nSPS) is 19.2. The van der Waals surface area contributed by atoms with E-state index in [9.17, 15) is 9.90 Å². The van der Waals surface area contributed by atoms with Crippen LogP contribution >= 0.6 is 0 Å². The second kappa shape index (κ2) is 5.99. The lowest BCUT2D eigenvalue weighted by atomic mass is 10.1. The molecule has 2 aromatic rings. The van der Waals surface area contributed by atoms with Crippen LogP contribution in [0.3, 0.4) is 0 Å². The van der Waals surface area contributed by atoms with Crippen LogP contribution in [0.1, 0.15) is 48.0 Å². The average molecular weight is 286 g/mol. The van der Waals surface area contributed by atoms with E-state index in [4.69, 9.17) is 4.42 Å². The van der Waals surface area contributed by atoms with Gasteiger partial charge in [0.2, 0.25) is 0 Å². The first-order valence-corrected chi connectivity index (χ1v) is 7.26. The summed E-state index contributed by atoms with van der Waals surface area (Å²) in [5.74, 6) is 0.474. The van der Waals surface area contributed by atoms with Gasteiger partial charge in [-0.05, 0) is 37.1 Å². The standard InChI is InChI=1S/C16H18N2O3/c19-13-7-4-9-17-15(13)16(20)18-10-3-1-2-6-12(18)14-8-5-11-21-14/h4-5,7-9,11-12,19H,1-3,6,10H2/t12-/m1/s1. The predicted molar refractivity (Wildman–Crippen MR) is 76.9 cm³/mol. The van der Waals surface area contributed by atoms with E-state index in [1.165, 1.54) is 12.3 Å². The molecule has 0 aromatic carbocycles. The van der Waals surface area contributed by atoms with Crippen molar-refractivity contribution in [2.24, 2.45) is 0 Å². The molecule has 0 spiro atoms. The molecular weight excluding hydrogens is 268 g/mol. The number of amides is 1. The van der Waals surface area contributed by atoms with Crippen LogP contribution in [-0.4, -0.2) is 27.4 Å². The molecule has 110 valence electrons. The van der Waals surface area contributed by atoms with E-state index in [-0.39, 0.29) is 23.4 Å². The molecule has 1 N–H and O–H groups in total. The summed E-state index contributed by atoms with van der Waals surface area (Å²) in [5, 5.41) is 9.87. The number of carbonyl (C=O) groups excluding carboxylic acids is 1. The summed E-state index contributed by atoms with van der Waals surface area (Å²) in [6.45, 7) is 0.653. The minimum Gasteiger partial charge on any atom is -0.505 e. The third-order valence-electron chi connectivity index (χ3n) is 3.87. The molecule has 1 aliphatic rings. The molecule has 1 fully saturated rings. The Labute approximate surface area is 123 Å². The van der Waals surface area contributed by atoms with Gasteiger partial charge in [0.15, 0.2) is 5.69 Å². The number of hydrogen-bond acceptors (Lipinski definition) is 4. The van der Waals surface area contributed by atoms with E-state index in [0.29, 0.717) is 6.54 Å². The van der Waals surface area contributed by atoms with Crippen molar-refractivity contribution in [3.05, 3.63) is 48.2 Å². The van der Waals surface area contributed by atoms with Gasteiger partial charge in [0.25, 0.3) is 5.91 Å². The maximum absolute atomic E-state index is 12.7. The number of nitrogens with zero attached hydrogens (tertiary/aromatic N) is 2. The molecule has 1 amide bonds. The minimum absolute atomic E-state index is 0.0788. The largest absolute Gasteiger partial charge is 0.505 e. The zero-order valence-electron chi connectivity index (χ0n) is 11.7.